The van der Waals surface area contributed by atoms with Gasteiger partial charge in [0, 0.05) is 13.1 Å². The monoisotopic (exact) mass is 275 g/mol. The Balaban J connectivity index is 2.36. The van der Waals surface area contributed by atoms with Crippen molar-refractivity contribution in [3.63, 3.8) is 0 Å². The number of aromatic nitrogens is 2. The van der Waals surface area contributed by atoms with Gasteiger partial charge in [-0.15, -0.1) is 0 Å². The molecule has 0 bridgehead atoms. The van der Waals surface area contributed by atoms with Crippen LogP contribution in [0.1, 0.15) is 64.0 Å². The van der Waals surface area contributed by atoms with Gasteiger partial charge in [-0.25, -0.2) is 4.68 Å². The third kappa shape index (κ3) is 2.74. The van der Waals surface area contributed by atoms with E-state index >= 15 is 0 Å². The van der Waals surface area contributed by atoms with Crippen LogP contribution in [0.5, 0.6) is 0 Å². The summed E-state index contributed by atoms with van der Waals surface area (Å²) in [5, 5.41) is 14.1. The highest BCUT2D eigenvalue weighted by Crippen LogP contribution is 2.33. The molecule has 20 heavy (non-hydrogen) atoms. The van der Waals surface area contributed by atoms with Gasteiger partial charge in [-0.2, -0.15) is 10.4 Å². The van der Waals surface area contributed by atoms with Crippen LogP contribution in [0.15, 0.2) is 0 Å². The first-order valence-electron chi connectivity index (χ1n) is 7.75. The van der Waals surface area contributed by atoms with Crippen LogP contribution in [0.25, 0.3) is 0 Å². The van der Waals surface area contributed by atoms with Gasteiger partial charge in [0.25, 0.3) is 0 Å². The first kappa shape index (κ1) is 14.7. The molecular weight excluding hydrogens is 250 g/mol. The highest BCUT2D eigenvalue weighted by molar-refractivity contribution is 5.65. The lowest BCUT2D eigenvalue weighted by Crippen LogP contribution is -2.23. The van der Waals surface area contributed by atoms with Crippen LogP contribution in [-0.4, -0.2) is 22.9 Å². The van der Waals surface area contributed by atoms with E-state index in [4.69, 9.17) is 5.73 Å². The van der Waals surface area contributed by atoms with Crippen molar-refractivity contribution in [3.05, 3.63) is 5.56 Å². The van der Waals surface area contributed by atoms with Crippen LogP contribution >= 0.6 is 0 Å². The van der Waals surface area contributed by atoms with Crippen LogP contribution in [0, 0.1) is 11.3 Å². The zero-order chi connectivity index (χ0) is 14.5. The Morgan fingerprint density at radius 3 is 2.35 bits per heavy atom. The third-order valence-corrected chi connectivity index (χ3v) is 4.27. The Bertz CT molecular complexity index is 473. The van der Waals surface area contributed by atoms with Crippen molar-refractivity contribution in [2.24, 2.45) is 0 Å². The van der Waals surface area contributed by atoms with E-state index in [1.807, 2.05) is 4.68 Å². The maximum Gasteiger partial charge on any atom is 0.170 e. The molecule has 0 unspecified atom stereocenters. The van der Waals surface area contributed by atoms with Gasteiger partial charge < -0.3 is 10.6 Å². The first-order valence-corrected chi connectivity index (χ1v) is 7.75. The average Bonchev–Trinajstić information content (AvgIpc) is 2.66. The van der Waals surface area contributed by atoms with Gasteiger partial charge in [0.15, 0.2) is 5.82 Å². The Morgan fingerprint density at radius 1 is 1.25 bits per heavy atom. The topological polar surface area (TPSA) is 70.9 Å². The van der Waals surface area contributed by atoms with E-state index in [0.29, 0.717) is 17.4 Å². The minimum Gasteiger partial charge on any atom is -0.383 e. The summed E-state index contributed by atoms with van der Waals surface area (Å²) < 4.78 is 1.91. The van der Waals surface area contributed by atoms with E-state index in [9.17, 15) is 5.26 Å². The standard InChI is InChI=1S/C15H25N5/c1-3-19(4-2)15-13(11-16)14(17)20(18-15)12-9-7-5-6-8-10-12/h12H,3-10,17H2,1-2H3. The highest BCUT2D eigenvalue weighted by atomic mass is 15.4. The summed E-state index contributed by atoms with van der Waals surface area (Å²) in [5.41, 5.74) is 6.73. The predicted octanol–water partition coefficient (Wildman–Crippen LogP) is 3.08. The summed E-state index contributed by atoms with van der Waals surface area (Å²) >= 11 is 0. The Hall–Kier alpha value is -1.70. The molecule has 0 radical (unpaired) electrons. The molecule has 5 nitrogen and oxygen atoms in total. The van der Waals surface area contributed by atoms with Crippen LogP contribution < -0.4 is 10.6 Å². The summed E-state index contributed by atoms with van der Waals surface area (Å²) in [6.07, 6.45) is 7.29. The molecular formula is C15H25N5. The fourth-order valence-corrected chi connectivity index (χ4v) is 3.07. The van der Waals surface area contributed by atoms with Gasteiger partial charge in [-0.1, -0.05) is 25.7 Å². The van der Waals surface area contributed by atoms with Crippen LogP contribution in [0.4, 0.5) is 11.6 Å². The van der Waals surface area contributed by atoms with Crippen molar-refractivity contribution in [2.45, 2.75) is 58.4 Å². The summed E-state index contributed by atoms with van der Waals surface area (Å²) in [7, 11) is 0. The first-order chi connectivity index (χ1) is 9.72. The van der Waals surface area contributed by atoms with E-state index in [-0.39, 0.29) is 0 Å². The zero-order valence-corrected chi connectivity index (χ0v) is 12.6. The van der Waals surface area contributed by atoms with Gasteiger partial charge in [0.1, 0.15) is 17.5 Å². The number of nitriles is 1. The van der Waals surface area contributed by atoms with Crippen LogP contribution in [0.3, 0.4) is 0 Å². The third-order valence-electron chi connectivity index (χ3n) is 4.27. The normalized spacial score (nSPS) is 16.6. The van der Waals surface area contributed by atoms with E-state index in [1.54, 1.807) is 0 Å². The average molecular weight is 275 g/mol. The van der Waals surface area contributed by atoms with Crippen molar-refractivity contribution in [2.75, 3.05) is 23.7 Å². The number of anilines is 2. The van der Waals surface area contributed by atoms with E-state index in [1.165, 1.54) is 25.7 Å². The maximum absolute atomic E-state index is 9.40. The number of nitrogens with zero attached hydrogens (tertiary/aromatic N) is 4. The van der Waals surface area contributed by atoms with Crippen molar-refractivity contribution in [3.8, 4) is 6.07 Å². The summed E-state index contributed by atoms with van der Waals surface area (Å²) in [5.74, 6) is 1.29. The number of rotatable bonds is 4. The maximum atomic E-state index is 9.40. The number of hydrogen-bond donors (Lipinski definition) is 1. The molecule has 1 fully saturated rings. The molecule has 0 atom stereocenters. The molecule has 0 amide bonds. The molecule has 0 aliphatic heterocycles. The van der Waals surface area contributed by atoms with Crippen molar-refractivity contribution < 1.29 is 0 Å². The van der Waals surface area contributed by atoms with Gasteiger partial charge >= 0.3 is 0 Å². The molecule has 1 aromatic heterocycles. The second-order valence-corrected chi connectivity index (χ2v) is 5.46. The smallest absolute Gasteiger partial charge is 0.170 e. The SMILES string of the molecule is CCN(CC)c1nn(C2CCCCCC2)c(N)c1C#N. The lowest BCUT2D eigenvalue weighted by atomic mass is 10.1. The molecule has 1 heterocycles. The lowest BCUT2D eigenvalue weighted by molar-refractivity contribution is 0.411. The molecule has 5 heteroatoms. The Morgan fingerprint density at radius 2 is 1.85 bits per heavy atom. The van der Waals surface area contributed by atoms with Crippen molar-refractivity contribution in [1.29, 1.82) is 5.26 Å². The van der Waals surface area contributed by atoms with Gasteiger partial charge in [-0.3, -0.25) is 0 Å². The number of hydrogen-bond acceptors (Lipinski definition) is 4. The summed E-state index contributed by atoms with van der Waals surface area (Å²) in [6.45, 7) is 5.83. The fraction of sp³-hybridized carbons (Fsp3) is 0.733. The van der Waals surface area contributed by atoms with E-state index < -0.39 is 0 Å². The Kier molecular flexibility index (Phi) is 4.89. The quantitative estimate of drug-likeness (QED) is 0.857. The van der Waals surface area contributed by atoms with Crippen molar-refractivity contribution in [1.82, 2.24) is 9.78 Å². The molecule has 110 valence electrons. The molecule has 1 aliphatic rings. The minimum absolute atomic E-state index is 0.355. The number of nitrogen functional groups attached to an aromatic ring is 1. The number of nitrogens with two attached hydrogens (primary N) is 1. The van der Waals surface area contributed by atoms with E-state index in [2.05, 4.69) is 29.9 Å². The van der Waals surface area contributed by atoms with Gasteiger partial charge in [0.05, 0.1) is 6.04 Å². The predicted molar refractivity (Wildman–Crippen MR) is 81.7 cm³/mol. The zero-order valence-electron chi connectivity index (χ0n) is 12.6. The molecule has 0 saturated heterocycles. The molecule has 1 aliphatic carbocycles. The van der Waals surface area contributed by atoms with Gasteiger partial charge in [0.2, 0.25) is 0 Å². The van der Waals surface area contributed by atoms with Gasteiger partial charge in [-0.05, 0) is 26.7 Å². The summed E-state index contributed by atoms with van der Waals surface area (Å²) in [4.78, 5) is 2.10. The largest absolute Gasteiger partial charge is 0.383 e. The summed E-state index contributed by atoms with van der Waals surface area (Å²) in [6, 6.07) is 2.59. The Labute approximate surface area is 121 Å². The second kappa shape index (κ2) is 6.65. The molecule has 2 N–H and O–H groups in total. The van der Waals surface area contributed by atoms with Crippen LogP contribution in [-0.2, 0) is 0 Å². The van der Waals surface area contributed by atoms with E-state index in [0.717, 1.165) is 31.7 Å². The molecule has 2 rings (SSSR count). The molecule has 0 spiro atoms. The lowest BCUT2D eigenvalue weighted by Gasteiger charge is -2.18. The molecule has 1 aromatic rings. The van der Waals surface area contributed by atoms with Crippen LogP contribution in [0.2, 0.25) is 0 Å². The highest BCUT2D eigenvalue weighted by Gasteiger charge is 2.24. The van der Waals surface area contributed by atoms with Crippen molar-refractivity contribution >= 4 is 11.6 Å². The second-order valence-electron chi connectivity index (χ2n) is 5.46. The molecule has 1 saturated carbocycles. The fourth-order valence-electron chi connectivity index (χ4n) is 3.07. The minimum atomic E-state index is 0.355. The molecule has 0 aromatic carbocycles.